The number of methoxy groups -OCH3 is 1. The van der Waals surface area contributed by atoms with Crippen molar-refractivity contribution < 1.29 is 34.1 Å². The van der Waals surface area contributed by atoms with Crippen LogP contribution in [0.1, 0.15) is 65.2 Å². The van der Waals surface area contributed by atoms with Crippen molar-refractivity contribution in [3.63, 3.8) is 0 Å². The molecule has 3 saturated carbocycles. The van der Waals surface area contributed by atoms with Crippen molar-refractivity contribution in [2.75, 3.05) is 7.11 Å². The second-order valence-corrected chi connectivity index (χ2v) is 10.9. The number of carboxylic acids is 1. The molecule has 7 nitrogen and oxygen atoms in total. The molecule has 0 radical (unpaired) electrons. The van der Waals surface area contributed by atoms with Gasteiger partial charge in [-0.25, -0.2) is 0 Å². The molecule has 5 aliphatic rings. The normalized spacial score (nSPS) is 49.8. The summed E-state index contributed by atoms with van der Waals surface area (Å²) in [5, 5.41) is 20.9. The van der Waals surface area contributed by atoms with Crippen molar-refractivity contribution in [2.45, 2.75) is 82.5 Å². The Morgan fingerprint density at radius 2 is 2.03 bits per heavy atom. The fourth-order valence-electron chi connectivity index (χ4n) is 8.13. The second kappa shape index (κ2) is 6.41. The lowest BCUT2D eigenvalue weighted by atomic mass is 9.44. The highest BCUT2D eigenvalue weighted by molar-refractivity contribution is 5.84. The van der Waals surface area contributed by atoms with E-state index in [0.29, 0.717) is 32.1 Å². The Balaban J connectivity index is 1.60. The number of aliphatic hydroxyl groups is 1. The minimum Gasteiger partial charge on any atom is -0.481 e. The highest BCUT2D eigenvalue weighted by Crippen LogP contribution is 2.77. The van der Waals surface area contributed by atoms with Gasteiger partial charge in [-0.3, -0.25) is 14.4 Å². The van der Waals surface area contributed by atoms with Gasteiger partial charge >= 0.3 is 11.9 Å². The van der Waals surface area contributed by atoms with Crippen LogP contribution in [0, 0.1) is 28.6 Å². The zero-order valence-electron chi connectivity index (χ0n) is 18.5. The molecule has 31 heavy (non-hydrogen) atoms. The Morgan fingerprint density at radius 1 is 1.29 bits per heavy atom. The fourth-order valence-corrected chi connectivity index (χ4v) is 8.13. The van der Waals surface area contributed by atoms with Gasteiger partial charge in [-0.2, -0.15) is 0 Å². The number of ketones is 1. The molecule has 0 amide bonds. The number of carbonyl (C=O) groups is 3. The third kappa shape index (κ3) is 2.50. The van der Waals surface area contributed by atoms with Gasteiger partial charge in [0.05, 0.1) is 24.7 Å². The van der Waals surface area contributed by atoms with Crippen molar-refractivity contribution in [3.8, 4) is 0 Å². The third-order valence-corrected chi connectivity index (χ3v) is 9.90. The number of fused-ring (bicyclic) bond motifs is 3. The summed E-state index contributed by atoms with van der Waals surface area (Å²) in [5.41, 5.74) is -1.44. The van der Waals surface area contributed by atoms with Gasteiger partial charge in [0.25, 0.3) is 0 Å². The van der Waals surface area contributed by atoms with Gasteiger partial charge in [0.15, 0.2) is 0 Å². The van der Waals surface area contributed by atoms with E-state index in [2.05, 4.69) is 13.8 Å². The Hall–Kier alpha value is -1.73. The molecule has 8 atom stereocenters. The molecule has 2 unspecified atom stereocenters. The van der Waals surface area contributed by atoms with Crippen LogP contribution in [-0.2, 0) is 23.9 Å². The maximum atomic E-state index is 13.0. The molecule has 0 aromatic carbocycles. The molecule has 2 N–H and O–H groups in total. The number of hydrogen-bond donors (Lipinski definition) is 2. The van der Waals surface area contributed by atoms with E-state index in [9.17, 15) is 24.6 Å². The lowest BCUT2D eigenvalue weighted by Crippen LogP contribution is -2.62. The van der Waals surface area contributed by atoms with Gasteiger partial charge in [0.2, 0.25) is 0 Å². The summed E-state index contributed by atoms with van der Waals surface area (Å²) < 4.78 is 11.7. The molecule has 7 heteroatoms. The molecule has 0 aromatic heterocycles. The van der Waals surface area contributed by atoms with Gasteiger partial charge in [0, 0.05) is 36.0 Å². The summed E-state index contributed by atoms with van der Waals surface area (Å²) >= 11 is 0. The Bertz CT molecular complexity index is 894. The van der Waals surface area contributed by atoms with Gasteiger partial charge < -0.3 is 19.7 Å². The summed E-state index contributed by atoms with van der Waals surface area (Å²) in [6.07, 6.45) is 5.48. The molecule has 1 aliphatic heterocycles. The Labute approximate surface area is 182 Å². The number of carbonyl (C=O) groups excluding carboxylic acids is 2. The zero-order chi connectivity index (χ0) is 22.4. The van der Waals surface area contributed by atoms with Crippen molar-refractivity contribution in [2.24, 2.45) is 28.6 Å². The first-order valence-electron chi connectivity index (χ1n) is 11.5. The van der Waals surface area contributed by atoms with Gasteiger partial charge in [-0.1, -0.05) is 25.5 Å². The minimum absolute atomic E-state index is 0.0152. The third-order valence-electron chi connectivity index (χ3n) is 9.90. The van der Waals surface area contributed by atoms with Crippen LogP contribution < -0.4 is 0 Å². The van der Waals surface area contributed by atoms with Crippen LogP contribution in [0.3, 0.4) is 0 Å². The quantitative estimate of drug-likeness (QED) is 0.399. The van der Waals surface area contributed by atoms with Crippen molar-refractivity contribution in [1.29, 1.82) is 0 Å². The number of ether oxygens (including phenoxy) is 2. The lowest BCUT2D eigenvalue weighted by molar-refractivity contribution is -0.158. The lowest BCUT2D eigenvalue weighted by Gasteiger charge is -2.57. The number of epoxide rings is 1. The summed E-state index contributed by atoms with van der Waals surface area (Å²) in [7, 11) is 1.39. The van der Waals surface area contributed by atoms with Gasteiger partial charge in [0.1, 0.15) is 11.4 Å². The van der Waals surface area contributed by atoms with Crippen molar-refractivity contribution in [3.05, 3.63) is 11.6 Å². The number of rotatable bonds is 4. The molecule has 170 valence electrons. The average Bonchev–Trinajstić information content (AvgIpc) is 3.38. The molecule has 4 fully saturated rings. The molecule has 1 saturated heterocycles. The van der Waals surface area contributed by atoms with Crippen LogP contribution in [0.4, 0.5) is 0 Å². The summed E-state index contributed by atoms with van der Waals surface area (Å²) in [5.74, 6) is -1.69. The molecule has 1 spiro atoms. The van der Waals surface area contributed by atoms with Crippen LogP contribution in [0.2, 0.25) is 0 Å². The van der Waals surface area contributed by atoms with Gasteiger partial charge in [-0.15, -0.1) is 0 Å². The standard InChI is InChI=1S/C24H32O7/c1-21-7-4-14(25)10-13(21)11-15(20(28)30-3)19-16-5-8-23(29,9-6-18(26)27)22(16,2)12-17-24(19,21)31-17/h11,15-17,19,29H,4-10,12H2,1-3H3,(H,26,27)/t15-,16?,17-,19+,21+,22?,23-,24-/m1/s1. The predicted molar refractivity (Wildman–Crippen MR) is 109 cm³/mol. The van der Waals surface area contributed by atoms with Crippen LogP contribution >= 0.6 is 0 Å². The van der Waals surface area contributed by atoms with Crippen LogP contribution in [0.25, 0.3) is 0 Å². The van der Waals surface area contributed by atoms with E-state index in [0.717, 1.165) is 12.0 Å². The van der Waals surface area contributed by atoms with E-state index in [1.54, 1.807) is 0 Å². The number of esters is 1. The van der Waals surface area contributed by atoms with E-state index in [4.69, 9.17) is 9.47 Å². The highest BCUT2D eigenvalue weighted by atomic mass is 16.6. The summed E-state index contributed by atoms with van der Waals surface area (Å²) in [6.45, 7) is 4.23. The molecule has 5 rings (SSSR count). The van der Waals surface area contributed by atoms with E-state index in [1.165, 1.54) is 7.11 Å². The maximum Gasteiger partial charge on any atom is 0.312 e. The molecule has 1 heterocycles. The molecule has 0 aromatic rings. The molecule has 4 aliphatic carbocycles. The maximum absolute atomic E-state index is 13.0. The van der Waals surface area contributed by atoms with E-state index in [1.807, 2.05) is 6.08 Å². The van der Waals surface area contributed by atoms with Gasteiger partial charge in [-0.05, 0) is 38.0 Å². The first-order valence-corrected chi connectivity index (χ1v) is 11.5. The number of aliphatic carboxylic acids is 1. The van der Waals surface area contributed by atoms with E-state index < -0.39 is 28.5 Å². The Kier molecular flexibility index (Phi) is 4.37. The smallest absolute Gasteiger partial charge is 0.312 e. The number of Topliss-reactive ketones (excluding diaryl/α,β-unsaturated/α-hetero) is 1. The molecular weight excluding hydrogens is 400 g/mol. The van der Waals surface area contributed by atoms with Crippen molar-refractivity contribution in [1.82, 2.24) is 0 Å². The largest absolute Gasteiger partial charge is 0.481 e. The second-order valence-electron chi connectivity index (χ2n) is 10.9. The zero-order valence-corrected chi connectivity index (χ0v) is 18.5. The van der Waals surface area contributed by atoms with Crippen LogP contribution in [0.5, 0.6) is 0 Å². The summed E-state index contributed by atoms with van der Waals surface area (Å²) in [6, 6.07) is 0. The molecular formula is C24H32O7. The Morgan fingerprint density at radius 3 is 2.71 bits per heavy atom. The van der Waals surface area contributed by atoms with Crippen LogP contribution in [0.15, 0.2) is 11.6 Å². The first kappa shape index (κ1) is 21.1. The topological polar surface area (TPSA) is 113 Å². The average molecular weight is 433 g/mol. The minimum atomic E-state index is -1.09. The highest BCUT2D eigenvalue weighted by Gasteiger charge is 2.82. The number of carboxylic acid groups (broad SMARTS) is 1. The van der Waals surface area contributed by atoms with E-state index >= 15 is 0 Å². The predicted octanol–water partition coefficient (Wildman–Crippen LogP) is 2.64. The fraction of sp³-hybridized carbons (Fsp3) is 0.792. The SMILES string of the molecule is COC(=O)[C@@H]1C=C2CC(=O)CC[C@]2(C)[C@@]23O[C@@H]2CC2(C)C(CC[C@@]2(O)CCC(=O)O)[C@H]13. The number of hydrogen-bond acceptors (Lipinski definition) is 6. The monoisotopic (exact) mass is 432 g/mol. The first-order chi connectivity index (χ1) is 14.5. The molecule has 0 bridgehead atoms. The summed E-state index contributed by atoms with van der Waals surface area (Å²) in [4.78, 5) is 36.5. The van der Waals surface area contributed by atoms with Crippen LogP contribution in [-0.4, -0.2) is 52.4 Å². The van der Waals surface area contributed by atoms with Crippen molar-refractivity contribution >= 4 is 17.7 Å². The van der Waals surface area contributed by atoms with E-state index in [-0.39, 0.29) is 47.9 Å².